The molecule has 0 fully saturated rings. The van der Waals surface area contributed by atoms with Crippen LogP contribution in [0.4, 0.5) is 0 Å². The molecule has 6 rings (SSSR count). The molecule has 3 aliphatic rings. The minimum atomic E-state index is -1.79. The van der Waals surface area contributed by atoms with E-state index in [1.165, 1.54) is 24.0 Å². The van der Waals surface area contributed by atoms with E-state index in [-0.39, 0.29) is 18.6 Å². The van der Waals surface area contributed by atoms with E-state index in [1.807, 2.05) is 30.3 Å². The van der Waals surface area contributed by atoms with E-state index < -0.39 is 11.6 Å². The summed E-state index contributed by atoms with van der Waals surface area (Å²) < 4.78 is 6.72. The van der Waals surface area contributed by atoms with Crippen molar-refractivity contribution < 1.29 is 14.6 Å². The fourth-order valence-corrected chi connectivity index (χ4v) is 5.73. The quantitative estimate of drug-likeness (QED) is 0.201. The van der Waals surface area contributed by atoms with Crippen LogP contribution >= 0.6 is 0 Å². The Morgan fingerprint density at radius 2 is 1.85 bits per heavy atom. The first-order chi connectivity index (χ1) is 19.5. The van der Waals surface area contributed by atoms with Crippen molar-refractivity contribution in [3.63, 3.8) is 0 Å². The van der Waals surface area contributed by atoms with Crippen LogP contribution in [0.2, 0.25) is 0 Å². The molecule has 0 amide bonds. The van der Waals surface area contributed by atoms with Crippen LogP contribution in [0, 0.1) is 5.41 Å². The molecular weight excluding hydrogens is 512 g/mol. The summed E-state index contributed by atoms with van der Waals surface area (Å²) in [4.78, 5) is 29.9. The number of cyclic esters (lactones) is 1. The predicted molar refractivity (Wildman–Crippen MR) is 163 cm³/mol. The van der Waals surface area contributed by atoms with Crippen molar-refractivity contribution >= 4 is 16.9 Å². The van der Waals surface area contributed by atoms with E-state index in [0.29, 0.717) is 28.8 Å². The van der Waals surface area contributed by atoms with Gasteiger partial charge in [-0.1, -0.05) is 74.4 Å². The Labute approximate surface area is 242 Å². The number of carbonyl (C=O) groups is 1. The van der Waals surface area contributed by atoms with Crippen LogP contribution in [0.15, 0.2) is 76.6 Å². The Bertz CT molecular complexity index is 1660. The number of fused-ring (bicyclic) bond motifs is 5. The Kier molecular flexibility index (Phi) is 7.89. The molecule has 1 unspecified atom stereocenters. The van der Waals surface area contributed by atoms with Gasteiger partial charge in [0, 0.05) is 16.5 Å². The second kappa shape index (κ2) is 11.2. The first kappa shape index (κ1) is 28.7. The van der Waals surface area contributed by atoms with Gasteiger partial charge in [0.05, 0.1) is 29.0 Å². The molecule has 0 radical (unpaired) electrons. The third kappa shape index (κ3) is 5.71. The highest BCUT2D eigenvalue weighted by Gasteiger charge is 2.45. The number of pyridine rings is 2. The fraction of sp³-hybridized carbons (Fsp3) is 0.400. The summed E-state index contributed by atoms with van der Waals surface area (Å²) in [5, 5.41) is 11.8. The SMILES string of the molecule is CC1=CCCC(C)=CCC(C)(C)C=CC1.CCC1(O)C(=O)OCc2c1cc1n(c2=O)Cc2cc3ccccc3nc2-1. The molecule has 6 nitrogen and oxygen atoms in total. The van der Waals surface area contributed by atoms with Crippen molar-refractivity contribution in [1.29, 1.82) is 0 Å². The number of carbonyl (C=O) groups excluding carboxylic acids is 1. The monoisotopic (exact) mass is 552 g/mol. The van der Waals surface area contributed by atoms with Crippen molar-refractivity contribution in [2.45, 2.75) is 85.5 Å². The van der Waals surface area contributed by atoms with Gasteiger partial charge in [-0.25, -0.2) is 9.78 Å². The number of rotatable bonds is 1. The molecule has 1 atom stereocenters. The van der Waals surface area contributed by atoms with Gasteiger partial charge in [-0.3, -0.25) is 4.79 Å². The second-order valence-corrected chi connectivity index (χ2v) is 12.2. The van der Waals surface area contributed by atoms with Gasteiger partial charge in [-0.05, 0) is 69.6 Å². The van der Waals surface area contributed by atoms with Gasteiger partial charge in [-0.2, -0.15) is 0 Å². The van der Waals surface area contributed by atoms with Crippen LogP contribution in [-0.4, -0.2) is 20.6 Å². The van der Waals surface area contributed by atoms with Crippen LogP contribution < -0.4 is 5.56 Å². The van der Waals surface area contributed by atoms with Gasteiger partial charge in [0.15, 0.2) is 5.60 Å². The van der Waals surface area contributed by atoms with Gasteiger partial charge >= 0.3 is 5.97 Å². The first-order valence-corrected chi connectivity index (χ1v) is 14.6. The van der Waals surface area contributed by atoms with E-state index in [2.05, 4.69) is 52.0 Å². The molecule has 0 bridgehead atoms. The summed E-state index contributed by atoms with van der Waals surface area (Å²) >= 11 is 0. The molecule has 1 aromatic carbocycles. The van der Waals surface area contributed by atoms with E-state index in [9.17, 15) is 14.7 Å². The van der Waals surface area contributed by atoms with Crippen molar-refractivity contribution in [3.05, 3.63) is 98.9 Å². The molecule has 1 aliphatic carbocycles. The maximum Gasteiger partial charge on any atom is 0.343 e. The van der Waals surface area contributed by atoms with Gasteiger partial charge in [0.1, 0.15) is 6.61 Å². The normalized spacial score (nSPS) is 21.3. The van der Waals surface area contributed by atoms with E-state index in [4.69, 9.17) is 9.72 Å². The van der Waals surface area contributed by atoms with Crippen LogP contribution in [-0.2, 0) is 28.3 Å². The number of nitrogens with zero attached hydrogens (tertiary/aromatic N) is 2. The van der Waals surface area contributed by atoms with E-state index in [0.717, 1.165) is 35.0 Å². The molecule has 0 saturated carbocycles. The van der Waals surface area contributed by atoms with Crippen molar-refractivity contribution in [2.75, 3.05) is 0 Å². The molecular formula is C35H40N2O4. The number of benzene rings is 1. The molecule has 41 heavy (non-hydrogen) atoms. The highest BCUT2D eigenvalue weighted by molar-refractivity contribution is 5.86. The lowest BCUT2D eigenvalue weighted by atomic mass is 9.86. The zero-order valence-corrected chi connectivity index (χ0v) is 24.8. The zero-order valence-electron chi connectivity index (χ0n) is 24.8. The van der Waals surface area contributed by atoms with Crippen LogP contribution in [0.3, 0.4) is 0 Å². The maximum absolute atomic E-state index is 13.0. The molecule has 1 N–H and O–H groups in total. The zero-order chi connectivity index (χ0) is 29.4. The van der Waals surface area contributed by atoms with Crippen LogP contribution in [0.25, 0.3) is 22.3 Å². The number of allylic oxidation sites excluding steroid dienone is 6. The smallest absolute Gasteiger partial charge is 0.343 e. The molecule has 0 spiro atoms. The lowest BCUT2D eigenvalue weighted by Crippen LogP contribution is -2.44. The highest BCUT2D eigenvalue weighted by atomic mass is 16.6. The van der Waals surface area contributed by atoms with Crippen molar-refractivity contribution in [3.8, 4) is 11.4 Å². The number of ether oxygens (including phenoxy) is 1. The van der Waals surface area contributed by atoms with Gasteiger partial charge in [0.2, 0.25) is 0 Å². The molecule has 3 aromatic rings. The number of aromatic nitrogens is 2. The molecule has 0 saturated heterocycles. The topological polar surface area (TPSA) is 81.4 Å². The van der Waals surface area contributed by atoms with Gasteiger partial charge < -0.3 is 14.4 Å². The van der Waals surface area contributed by atoms with Crippen molar-refractivity contribution in [1.82, 2.24) is 9.55 Å². The maximum atomic E-state index is 13.0. The third-order valence-corrected chi connectivity index (χ3v) is 8.43. The number of aliphatic hydroxyl groups is 1. The lowest BCUT2D eigenvalue weighted by molar-refractivity contribution is -0.172. The number of hydrogen-bond donors (Lipinski definition) is 1. The highest BCUT2D eigenvalue weighted by Crippen LogP contribution is 2.38. The van der Waals surface area contributed by atoms with Crippen molar-refractivity contribution in [2.24, 2.45) is 5.41 Å². The van der Waals surface area contributed by atoms with E-state index in [1.54, 1.807) is 17.6 Å². The molecule has 4 heterocycles. The Morgan fingerprint density at radius 1 is 1.07 bits per heavy atom. The van der Waals surface area contributed by atoms with Crippen LogP contribution in [0.5, 0.6) is 0 Å². The largest absolute Gasteiger partial charge is 0.458 e. The Morgan fingerprint density at radius 3 is 2.63 bits per heavy atom. The first-order valence-electron chi connectivity index (χ1n) is 14.6. The lowest BCUT2D eigenvalue weighted by Gasteiger charge is -2.31. The fourth-order valence-electron chi connectivity index (χ4n) is 5.73. The van der Waals surface area contributed by atoms with E-state index >= 15 is 0 Å². The summed E-state index contributed by atoms with van der Waals surface area (Å²) in [5.41, 5.74) is 5.15. The molecule has 2 aromatic heterocycles. The number of para-hydroxylation sites is 1. The third-order valence-electron chi connectivity index (χ3n) is 8.43. The summed E-state index contributed by atoms with van der Waals surface area (Å²) in [6, 6.07) is 11.6. The molecule has 214 valence electrons. The average molecular weight is 553 g/mol. The average Bonchev–Trinajstić information content (AvgIpc) is 3.30. The Hall–Kier alpha value is -3.77. The van der Waals surface area contributed by atoms with Gasteiger partial charge in [-0.15, -0.1) is 0 Å². The number of esters is 1. The van der Waals surface area contributed by atoms with Crippen LogP contribution in [0.1, 0.15) is 83.4 Å². The minimum Gasteiger partial charge on any atom is -0.458 e. The molecule has 2 aliphatic heterocycles. The standard InChI is InChI=1S/C20H16N2O4.C15H24/c1-2-20(25)14-8-16-17-12(7-11-5-3-4-6-15(11)21-17)9-22(16)18(23)13(14)10-26-19(20)24;1-13-7-5-8-14(2)10-12-15(3,4)11-6-9-13/h3-8,25H,2,9-10H2,1H3;6-7,10-11H,5,8-9,12H2,1-4H3. The predicted octanol–water partition coefficient (Wildman–Crippen LogP) is 7.12. The second-order valence-electron chi connectivity index (χ2n) is 12.2. The number of hydrogen-bond acceptors (Lipinski definition) is 5. The summed E-state index contributed by atoms with van der Waals surface area (Å²) in [6.45, 7) is 11.1. The summed E-state index contributed by atoms with van der Waals surface area (Å²) in [6.07, 6.45) is 14.3. The van der Waals surface area contributed by atoms with Gasteiger partial charge in [0.25, 0.3) is 5.56 Å². The molecule has 6 heteroatoms. The summed E-state index contributed by atoms with van der Waals surface area (Å²) in [5.74, 6) is -0.707. The Balaban J connectivity index is 0.000000193. The summed E-state index contributed by atoms with van der Waals surface area (Å²) in [7, 11) is 0. The minimum absolute atomic E-state index is 0.110.